The van der Waals surface area contributed by atoms with Crippen LogP contribution < -0.4 is 14.8 Å². The summed E-state index contributed by atoms with van der Waals surface area (Å²) in [5.41, 5.74) is 1.73. The van der Waals surface area contributed by atoms with E-state index in [-0.39, 0.29) is 29.6 Å². The van der Waals surface area contributed by atoms with E-state index in [0.29, 0.717) is 33.0 Å². The van der Waals surface area contributed by atoms with Crippen molar-refractivity contribution in [3.05, 3.63) is 71.1 Å². The number of carbonyl (C=O) groups excluding carboxylic acids is 2. The Bertz CT molecular complexity index is 1390. The molecule has 2 aromatic carbocycles. The fourth-order valence-corrected chi connectivity index (χ4v) is 5.01. The van der Waals surface area contributed by atoms with Gasteiger partial charge in [-0.25, -0.2) is 9.18 Å². The molecule has 12 heteroatoms. The average molecular weight is 543 g/mol. The predicted octanol–water partition coefficient (Wildman–Crippen LogP) is 4.79. The van der Waals surface area contributed by atoms with Gasteiger partial charge in [-0.2, -0.15) is 0 Å². The van der Waals surface area contributed by atoms with Gasteiger partial charge in [0.2, 0.25) is 5.91 Å². The van der Waals surface area contributed by atoms with Crippen LogP contribution in [0, 0.1) is 5.82 Å². The summed E-state index contributed by atoms with van der Waals surface area (Å²) < 4.78 is 30.5. The first-order valence-electron chi connectivity index (χ1n) is 10.9. The number of hydrogen-bond donors (Lipinski definition) is 1. The van der Waals surface area contributed by atoms with Crippen LogP contribution in [0.5, 0.6) is 11.5 Å². The Morgan fingerprint density at radius 1 is 1.05 bits per heavy atom. The molecular weight excluding hydrogens is 519 g/mol. The van der Waals surface area contributed by atoms with Gasteiger partial charge in [0.1, 0.15) is 34.5 Å². The number of anilines is 1. The van der Waals surface area contributed by atoms with Crippen LogP contribution in [0.25, 0.3) is 11.1 Å². The molecule has 4 aromatic rings. The molecule has 0 bridgehead atoms. The van der Waals surface area contributed by atoms with Gasteiger partial charge in [0.15, 0.2) is 11.0 Å². The second kappa shape index (κ2) is 11.9. The molecular formula is C25H23FN4O5S2. The van der Waals surface area contributed by atoms with Crippen molar-refractivity contribution in [2.24, 2.45) is 7.05 Å². The van der Waals surface area contributed by atoms with Gasteiger partial charge in [-0.05, 0) is 42.0 Å². The molecule has 0 aliphatic rings. The Balaban J connectivity index is 1.40. The normalized spacial score (nSPS) is 10.7. The molecule has 0 spiro atoms. The molecule has 0 saturated carbocycles. The third-order valence-electron chi connectivity index (χ3n) is 5.27. The SMILES string of the molecule is COC(=O)c1c(-c2ccc(OC)cc2)csc1NC(=O)CSc1nnc(COc2ccc(F)cc2)n1C. The molecule has 2 aromatic heterocycles. The lowest BCUT2D eigenvalue weighted by molar-refractivity contribution is -0.113. The molecule has 1 amide bonds. The van der Waals surface area contributed by atoms with Crippen LogP contribution in [0.1, 0.15) is 16.2 Å². The van der Waals surface area contributed by atoms with E-state index in [0.717, 1.165) is 5.56 Å². The Hall–Kier alpha value is -3.90. The largest absolute Gasteiger partial charge is 0.497 e. The molecule has 4 rings (SSSR count). The molecule has 0 aliphatic carbocycles. The fourth-order valence-electron chi connectivity index (χ4n) is 3.31. The van der Waals surface area contributed by atoms with E-state index in [1.807, 2.05) is 12.1 Å². The summed E-state index contributed by atoms with van der Waals surface area (Å²) in [7, 11) is 4.64. The maximum absolute atomic E-state index is 13.0. The van der Waals surface area contributed by atoms with Gasteiger partial charge >= 0.3 is 5.97 Å². The lowest BCUT2D eigenvalue weighted by Gasteiger charge is -2.09. The van der Waals surface area contributed by atoms with E-state index in [9.17, 15) is 14.0 Å². The highest BCUT2D eigenvalue weighted by molar-refractivity contribution is 7.99. The first kappa shape index (κ1) is 26.2. The van der Waals surface area contributed by atoms with E-state index < -0.39 is 5.97 Å². The van der Waals surface area contributed by atoms with Gasteiger partial charge in [0.25, 0.3) is 0 Å². The molecule has 2 heterocycles. The van der Waals surface area contributed by atoms with Crippen molar-refractivity contribution in [2.45, 2.75) is 11.8 Å². The second-order valence-corrected chi connectivity index (χ2v) is 9.43. The number of hydrogen-bond acceptors (Lipinski definition) is 9. The number of nitrogens with one attached hydrogen (secondary N) is 1. The van der Waals surface area contributed by atoms with Crippen LogP contribution in [-0.2, 0) is 23.2 Å². The number of thiophene rings is 1. The Labute approximate surface area is 220 Å². The molecule has 0 fully saturated rings. The van der Waals surface area contributed by atoms with E-state index in [4.69, 9.17) is 14.2 Å². The average Bonchev–Trinajstić information content (AvgIpc) is 3.49. The predicted molar refractivity (Wildman–Crippen MR) is 139 cm³/mol. The second-order valence-electron chi connectivity index (χ2n) is 7.61. The number of ether oxygens (including phenoxy) is 3. The van der Waals surface area contributed by atoms with Gasteiger partial charge in [0.05, 0.1) is 20.0 Å². The van der Waals surface area contributed by atoms with Crippen LogP contribution in [0.4, 0.5) is 9.39 Å². The highest BCUT2D eigenvalue weighted by Crippen LogP contribution is 2.37. The summed E-state index contributed by atoms with van der Waals surface area (Å²) in [6.45, 7) is 0.133. The van der Waals surface area contributed by atoms with E-state index in [2.05, 4.69) is 15.5 Å². The molecule has 1 N–H and O–H groups in total. The summed E-state index contributed by atoms with van der Waals surface area (Å²) in [5, 5.41) is 13.7. The number of halogens is 1. The number of nitrogens with zero attached hydrogens (tertiary/aromatic N) is 3. The van der Waals surface area contributed by atoms with Gasteiger partial charge in [-0.1, -0.05) is 23.9 Å². The summed E-state index contributed by atoms with van der Waals surface area (Å²) >= 11 is 2.43. The molecule has 0 radical (unpaired) electrons. The van der Waals surface area contributed by atoms with Crippen molar-refractivity contribution in [1.29, 1.82) is 0 Å². The van der Waals surface area contributed by atoms with Crippen molar-refractivity contribution in [1.82, 2.24) is 14.8 Å². The summed E-state index contributed by atoms with van der Waals surface area (Å²) in [6, 6.07) is 12.9. The monoisotopic (exact) mass is 542 g/mol. The number of thioether (sulfide) groups is 1. The van der Waals surface area contributed by atoms with Crippen molar-refractivity contribution < 1.29 is 28.2 Å². The fraction of sp³-hybridized carbons (Fsp3) is 0.200. The lowest BCUT2D eigenvalue weighted by atomic mass is 10.0. The minimum Gasteiger partial charge on any atom is -0.497 e. The van der Waals surface area contributed by atoms with Crippen molar-refractivity contribution in [3.8, 4) is 22.6 Å². The third-order valence-corrected chi connectivity index (χ3v) is 7.19. The zero-order chi connectivity index (χ0) is 26.4. The lowest BCUT2D eigenvalue weighted by Crippen LogP contribution is -2.16. The smallest absolute Gasteiger partial charge is 0.341 e. The van der Waals surface area contributed by atoms with E-state index in [1.165, 1.54) is 54.5 Å². The summed E-state index contributed by atoms with van der Waals surface area (Å²) in [6.07, 6.45) is 0. The van der Waals surface area contributed by atoms with Crippen LogP contribution in [0.2, 0.25) is 0 Å². The third kappa shape index (κ3) is 6.27. The minimum absolute atomic E-state index is 0.0428. The standard InChI is InChI=1S/C25H23FN4O5S2/c1-30-20(12-35-18-10-6-16(26)7-11-18)28-29-25(30)37-14-21(31)27-23-22(24(32)34-3)19(13-36-23)15-4-8-17(33-2)9-5-15/h4-11,13H,12,14H2,1-3H3,(H,27,31). The Morgan fingerprint density at radius 2 is 1.76 bits per heavy atom. The minimum atomic E-state index is -0.547. The number of rotatable bonds is 10. The first-order chi connectivity index (χ1) is 17.9. The number of esters is 1. The molecule has 0 atom stereocenters. The van der Waals surface area contributed by atoms with E-state index in [1.54, 1.807) is 36.2 Å². The van der Waals surface area contributed by atoms with Crippen molar-refractivity contribution in [3.63, 3.8) is 0 Å². The summed E-state index contributed by atoms with van der Waals surface area (Å²) in [4.78, 5) is 25.3. The molecule has 192 valence electrons. The number of methoxy groups -OCH3 is 2. The maximum atomic E-state index is 13.0. The van der Waals surface area contributed by atoms with E-state index >= 15 is 0 Å². The molecule has 0 unspecified atom stereocenters. The Kier molecular flexibility index (Phi) is 8.41. The number of benzene rings is 2. The number of amides is 1. The maximum Gasteiger partial charge on any atom is 0.341 e. The van der Waals surface area contributed by atoms with Crippen LogP contribution >= 0.6 is 23.1 Å². The molecule has 0 aliphatic heterocycles. The highest BCUT2D eigenvalue weighted by atomic mass is 32.2. The van der Waals surface area contributed by atoms with Gasteiger partial charge < -0.3 is 24.1 Å². The molecule has 0 saturated heterocycles. The molecule has 37 heavy (non-hydrogen) atoms. The topological polar surface area (TPSA) is 105 Å². The van der Waals surface area contributed by atoms with Gasteiger partial charge in [0, 0.05) is 18.0 Å². The van der Waals surface area contributed by atoms with Crippen LogP contribution in [0.3, 0.4) is 0 Å². The van der Waals surface area contributed by atoms with Crippen LogP contribution in [0.15, 0.2) is 59.1 Å². The quantitative estimate of drug-likeness (QED) is 0.225. The van der Waals surface area contributed by atoms with Crippen LogP contribution in [-0.4, -0.2) is 46.6 Å². The first-order valence-corrected chi connectivity index (χ1v) is 12.8. The van der Waals surface area contributed by atoms with Crippen molar-refractivity contribution >= 4 is 40.0 Å². The van der Waals surface area contributed by atoms with Gasteiger partial charge in [-0.15, -0.1) is 21.5 Å². The Morgan fingerprint density at radius 3 is 2.43 bits per heavy atom. The zero-order valence-corrected chi connectivity index (χ0v) is 21.8. The highest BCUT2D eigenvalue weighted by Gasteiger charge is 2.23. The zero-order valence-electron chi connectivity index (χ0n) is 20.2. The number of aromatic nitrogens is 3. The molecule has 9 nitrogen and oxygen atoms in total. The van der Waals surface area contributed by atoms with Crippen molar-refractivity contribution in [2.75, 3.05) is 25.3 Å². The summed E-state index contributed by atoms with van der Waals surface area (Å²) in [5.74, 6) is 0.576. The van der Waals surface area contributed by atoms with Gasteiger partial charge in [-0.3, -0.25) is 4.79 Å². The number of carbonyl (C=O) groups is 2.